The second-order valence-corrected chi connectivity index (χ2v) is 1.90. The summed E-state index contributed by atoms with van der Waals surface area (Å²) in [6.45, 7) is 0. The summed E-state index contributed by atoms with van der Waals surface area (Å²) in [6.07, 6.45) is 3.39. The third-order valence-corrected chi connectivity index (χ3v) is 1.01. The first-order valence-corrected chi connectivity index (χ1v) is 3.51. The van der Waals surface area contributed by atoms with E-state index in [1.807, 2.05) is 6.26 Å². The van der Waals surface area contributed by atoms with Crippen LogP contribution < -0.4 is 5.32 Å². The van der Waals surface area contributed by atoms with E-state index >= 15 is 0 Å². The molecule has 0 aliphatic carbocycles. The highest BCUT2D eigenvalue weighted by molar-refractivity contribution is 8.01. The second-order valence-electron chi connectivity index (χ2n) is 1.15. The summed E-state index contributed by atoms with van der Waals surface area (Å²) in [7, 11) is 1.60. The van der Waals surface area contributed by atoms with Crippen molar-refractivity contribution in [3.63, 3.8) is 0 Å². The van der Waals surface area contributed by atoms with E-state index in [4.69, 9.17) is 0 Å². The maximum Gasteiger partial charge on any atom is 0.244 e. The summed E-state index contributed by atoms with van der Waals surface area (Å²) in [4.78, 5) is 10.4. The van der Waals surface area contributed by atoms with Crippen LogP contribution in [0.3, 0.4) is 0 Å². The van der Waals surface area contributed by atoms with Crippen LogP contribution in [-0.4, -0.2) is 19.2 Å². The van der Waals surface area contributed by atoms with Crippen molar-refractivity contribution >= 4 is 17.7 Å². The molecule has 0 spiro atoms. The molecule has 0 radical (unpaired) electrons. The molecule has 2 nitrogen and oxygen atoms in total. The topological polar surface area (TPSA) is 29.1 Å². The molecule has 0 saturated heterocycles. The van der Waals surface area contributed by atoms with Gasteiger partial charge < -0.3 is 5.32 Å². The molecule has 0 aliphatic heterocycles. The van der Waals surface area contributed by atoms with E-state index in [-0.39, 0.29) is 5.91 Å². The zero-order valence-corrected chi connectivity index (χ0v) is 5.79. The Bertz CT molecular complexity index is 101. The molecule has 0 fully saturated rings. The van der Waals surface area contributed by atoms with Crippen LogP contribution in [-0.2, 0) is 4.79 Å². The van der Waals surface area contributed by atoms with E-state index < -0.39 is 0 Å². The van der Waals surface area contributed by atoms with Crippen LogP contribution in [0.5, 0.6) is 0 Å². The molecule has 0 atom stereocenters. The van der Waals surface area contributed by atoms with E-state index in [1.54, 1.807) is 12.5 Å². The van der Waals surface area contributed by atoms with E-state index in [9.17, 15) is 4.79 Å². The predicted octanol–water partition coefficient (Wildman–Crippen LogP) is 0.609. The predicted molar refractivity (Wildman–Crippen MR) is 36.7 cm³/mol. The zero-order valence-electron chi connectivity index (χ0n) is 4.97. The molecular formula is C5H9NOS. The molecule has 0 aliphatic rings. The van der Waals surface area contributed by atoms with Crippen LogP contribution in [0.4, 0.5) is 0 Å². The van der Waals surface area contributed by atoms with Gasteiger partial charge in [-0.1, -0.05) is 0 Å². The molecule has 1 N–H and O–H groups in total. The average Bonchev–Trinajstić information content (AvgIpc) is 1.83. The Balaban J connectivity index is 3.37. The van der Waals surface area contributed by atoms with Gasteiger partial charge in [-0.25, -0.2) is 0 Å². The number of thioether (sulfide) groups is 1. The Hall–Kier alpha value is -0.440. The van der Waals surface area contributed by atoms with Crippen molar-refractivity contribution in [2.75, 3.05) is 13.3 Å². The number of hydrogen-bond acceptors (Lipinski definition) is 2. The third kappa shape index (κ3) is 3.74. The second kappa shape index (κ2) is 4.71. The summed E-state index contributed by atoms with van der Waals surface area (Å²) in [5, 5.41) is 4.20. The number of rotatable bonds is 2. The minimum atomic E-state index is -0.0562. The highest BCUT2D eigenvalue weighted by Crippen LogP contribution is 1.91. The summed E-state index contributed by atoms with van der Waals surface area (Å²) in [5.41, 5.74) is 0. The molecule has 0 heterocycles. The number of likely N-dealkylation sites (N-methyl/N-ethyl adjacent to an activating group) is 1. The molecule has 0 aromatic rings. The van der Waals surface area contributed by atoms with Crippen molar-refractivity contribution < 1.29 is 4.79 Å². The first-order valence-electron chi connectivity index (χ1n) is 2.22. The van der Waals surface area contributed by atoms with E-state index in [0.29, 0.717) is 0 Å². The van der Waals surface area contributed by atoms with Crippen molar-refractivity contribution in [1.82, 2.24) is 5.32 Å². The fourth-order valence-corrected chi connectivity index (χ4v) is 0.473. The van der Waals surface area contributed by atoms with Crippen LogP contribution in [0, 0.1) is 0 Å². The van der Waals surface area contributed by atoms with Gasteiger partial charge in [-0.2, -0.15) is 0 Å². The van der Waals surface area contributed by atoms with Crippen molar-refractivity contribution in [2.24, 2.45) is 0 Å². The lowest BCUT2D eigenvalue weighted by Crippen LogP contribution is -2.13. The molecule has 0 bridgehead atoms. The molecule has 0 aromatic heterocycles. The van der Waals surface area contributed by atoms with Gasteiger partial charge in [-0.15, -0.1) is 11.8 Å². The minimum absolute atomic E-state index is 0.0562. The lowest BCUT2D eigenvalue weighted by Gasteiger charge is -1.85. The number of carbonyl (C=O) groups excluding carboxylic acids is 1. The number of nitrogens with one attached hydrogen (secondary N) is 1. The van der Waals surface area contributed by atoms with E-state index in [0.717, 1.165) is 0 Å². The van der Waals surface area contributed by atoms with Gasteiger partial charge in [0.1, 0.15) is 0 Å². The van der Waals surface area contributed by atoms with E-state index in [1.165, 1.54) is 17.8 Å². The Kier molecular flexibility index (Phi) is 4.45. The first kappa shape index (κ1) is 7.56. The highest BCUT2D eigenvalue weighted by atomic mass is 32.2. The standard InChI is InChI=1S/C5H9NOS/c1-6-5(7)3-4-8-2/h3-4H,1-2H3,(H,6,7)/b4-3+. The van der Waals surface area contributed by atoms with Crippen LogP contribution >= 0.6 is 11.8 Å². The average molecular weight is 131 g/mol. The lowest BCUT2D eigenvalue weighted by atomic mass is 10.6. The quantitative estimate of drug-likeness (QED) is 0.556. The van der Waals surface area contributed by atoms with Gasteiger partial charge in [0.2, 0.25) is 5.91 Å². The van der Waals surface area contributed by atoms with Gasteiger partial charge >= 0.3 is 0 Å². The van der Waals surface area contributed by atoms with Crippen LogP contribution in [0.1, 0.15) is 0 Å². The normalized spacial score (nSPS) is 9.75. The van der Waals surface area contributed by atoms with Crippen molar-refractivity contribution in [3.8, 4) is 0 Å². The summed E-state index contributed by atoms with van der Waals surface area (Å²) < 4.78 is 0. The molecule has 8 heavy (non-hydrogen) atoms. The summed E-state index contributed by atoms with van der Waals surface area (Å²) in [6, 6.07) is 0. The number of hydrogen-bond donors (Lipinski definition) is 1. The molecule has 0 rings (SSSR count). The number of amides is 1. The Morgan fingerprint density at radius 3 is 2.75 bits per heavy atom. The highest BCUT2D eigenvalue weighted by Gasteiger charge is 1.83. The van der Waals surface area contributed by atoms with Crippen molar-refractivity contribution in [2.45, 2.75) is 0 Å². The van der Waals surface area contributed by atoms with Gasteiger partial charge in [0.25, 0.3) is 0 Å². The zero-order chi connectivity index (χ0) is 6.41. The fourth-order valence-electron chi connectivity index (χ4n) is 0.213. The van der Waals surface area contributed by atoms with Gasteiger partial charge in [0, 0.05) is 13.1 Å². The summed E-state index contributed by atoms with van der Waals surface area (Å²) in [5.74, 6) is -0.0562. The van der Waals surface area contributed by atoms with Gasteiger partial charge in [0.05, 0.1) is 0 Å². The molecule has 46 valence electrons. The molecule has 0 unspecified atom stereocenters. The van der Waals surface area contributed by atoms with Gasteiger partial charge in [0.15, 0.2) is 0 Å². The Morgan fingerprint density at radius 1 is 1.75 bits per heavy atom. The largest absolute Gasteiger partial charge is 0.356 e. The molecule has 1 amide bonds. The minimum Gasteiger partial charge on any atom is -0.356 e. The maximum absolute atomic E-state index is 10.4. The molecular weight excluding hydrogens is 122 g/mol. The first-order chi connectivity index (χ1) is 3.81. The smallest absolute Gasteiger partial charge is 0.244 e. The van der Waals surface area contributed by atoms with Crippen molar-refractivity contribution in [1.29, 1.82) is 0 Å². The third-order valence-electron chi connectivity index (χ3n) is 0.602. The fraction of sp³-hybridized carbons (Fsp3) is 0.400. The van der Waals surface area contributed by atoms with Crippen LogP contribution in [0.2, 0.25) is 0 Å². The van der Waals surface area contributed by atoms with Crippen molar-refractivity contribution in [3.05, 3.63) is 11.5 Å². The van der Waals surface area contributed by atoms with Crippen LogP contribution in [0.15, 0.2) is 11.5 Å². The van der Waals surface area contributed by atoms with E-state index in [2.05, 4.69) is 5.32 Å². The number of carbonyl (C=O) groups is 1. The molecule has 0 saturated carbocycles. The molecule has 3 heteroatoms. The Labute approximate surface area is 53.3 Å². The summed E-state index contributed by atoms with van der Waals surface area (Å²) >= 11 is 1.50. The van der Waals surface area contributed by atoms with Crippen LogP contribution in [0.25, 0.3) is 0 Å². The van der Waals surface area contributed by atoms with Gasteiger partial charge in [-0.3, -0.25) is 4.79 Å². The lowest BCUT2D eigenvalue weighted by molar-refractivity contribution is -0.116. The van der Waals surface area contributed by atoms with Gasteiger partial charge in [-0.05, 0) is 11.7 Å². The monoisotopic (exact) mass is 131 g/mol. The maximum atomic E-state index is 10.4. The molecule has 0 aromatic carbocycles. The Morgan fingerprint density at radius 2 is 2.38 bits per heavy atom. The SMILES string of the molecule is CNC(=O)/C=C/SC.